The van der Waals surface area contributed by atoms with Crippen molar-refractivity contribution in [1.82, 2.24) is 10.2 Å². The van der Waals surface area contributed by atoms with Crippen LogP contribution in [0.15, 0.2) is 0 Å². The van der Waals surface area contributed by atoms with Crippen LogP contribution in [0, 0.1) is 11.8 Å². The number of hydrogen-bond acceptors (Lipinski definition) is 2. The molecule has 0 amide bonds. The molecule has 12 heavy (non-hydrogen) atoms. The maximum absolute atomic E-state index is 3.48. The van der Waals surface area contributed by atoms with E-state index in [0.29, 0.717) is 6.04 Å². The summed E-state index contributed by atoms with van der Waals surface area (Å²) < 4.78 is 0. The minimum atomic E-state index is 0.702. The normalized spacial score (nSPS) is 43.0. The van der Waals surface area contributed by atoms with Gasteiger partial charge in [-0.3, -0.25) is 0 Å². The summed E-state index contributed by atoms with van der Waals surface area (Å²) in [5, 5.41) is 3.48. The Bertz CT molecular complexity index is 158. The summed E-state index contributed by atoms with van der Waals surface area (Å²) in [6.45, 7) is 9.70. The van der Waals surface area contributed by atoms with Gasteiger partial charge in [0.05, 0.1) is 0 Å². The molecule has 0 aromatic carbocycles. The SMILES string of the molecule is CC1CC1CN1CCN[C@H](C)C1. The summed E-state index contributed by atoms with van der Waals surface area (Å²) in [5.41, 5.74) is 0. The van der Waals surface area contributed by atoms with E-state index < -0.39 is 0 Å². The van der Waals surface area contributed by atoms with Crippen molar-refractivity contribution in [2.24, 2.45) is 11.8 Å². The molecule has 2 nitrogen and oxygen atoms in total. The molecule has 0 spiro atoms. The van der Waals surface area contributed by atoms with Gasteiger partial charge in [-0.15, -0.1) is 0 Å². The topological polar surface area (TPSA) is 15.3 Å². The molecule has 1 heterocycles. The molecule has 2 fully saturated rings. The molecular formula is C10H20N2. The van der Waals surface area contributed by atoms with Crippen LogP contribution >= 0.6 is 0 Å². The van der Waals surface area contributed by atoms with Gasteiger partial charge in [-0.25, -0.2) is 0 Å². The summed E-state index contributed by atoms with van der Waals surface area (Å²) in [7, 11) is 0. The predicted octanol–water partition coefficient (Wildman–Crippen LogP) is 0.936. The van der Waals surface area contributed by atoms with Crippen LogP contribution in [0.2, 0.25) is 0 Å². The Hall–Kier alpha value is -0.0800. The largest absolute Gasteiger partial charge is 0.312 e. The fraction of sp³-hybridized carbons (Fsp3) is 1.00. The fourth-order valence-electron chi connectivity index (χ4n) is 2.16. The van der Waals surface area contributed by atoms with E-state index in [9.17, 15) is 0 Å². The van der Waals surface area contributed by atoms with Gasteiger partial charge in [-0.05, 0) is 25.2 Å². The Labute approximate surface area is 75.3 Å². The highest BCUT2D eigenvalue weighted by Crippen LogP contribution is 2.38. The molecule has 2 heteroatoms. The Kier molecular flexibility index (Phi) is 2.37. The summed E-state index contributed by atoms with van der Waals surface area (Å²) in [6.07, 6.45) is 1.47. The van der Waals surface area contributed by atoms with Crippen LogP contribution in [-0.2, 0) is 0 Å². The van der Waals surface area contributed by atoms with Gasteiger partial charge in [0, 0.05) is 32.2 Å². The molecule has 1 aliphatic carbocycles. The lowest BCUT2D eigenvalue weighted by atomic mass is 10.2. The minimum absolute atomic E-state index is 0.702. The quantitative estimate of drug-likeness (QED) is 0.660. The summed E-state index contributed by atoms with van der Waals surface area (Å²) in [5.74, 6) is 2.03. The first-order chi connectivity index (χ1) is 5.75. The Balaban J connectivity index is 1.72. The van der Waals surface area contributed by atoms with Crippen molar-refractivity contribution in [1.29, 1.82) is 0 Å². The van der Waals surface area contributed by atoms with Crippen LogP contribution in [0.25, 0.3) is 0 Å². The molecule has 1 aliphatic heterocycles. The van der Waals surface area contributed by atoms with Crippen LogP contribution in [0.4, 0.5) is 0 Å². The molecule has 2 aliphatic rings. The Morgan fingerprint density at radius 2 is 2.17 bits per heavy atom. The number of nitrogens with one attached hydrogen (secondary N) is 1. The van der Waals surface area contributed by atoms with Gasteiger partial charge in [0.25, 0.3) is 0 Å². The number of nitrogens with zero attached hydrogens (tertiary/aromatic N) is 1. The van der Waals surface area contributed by atoms with Gasteiger partial charge in [0.1, 0.15) is 0 Å². The molecule has 70 valence electrons. The lowest BCUT2D eigenvalue weighted by Gasteiger charge is -2.31. The summed E-state index contributed by atoms with van der Waals surface area (Å²) >= 11 is 0. The van der Waals surface area contributed by atoms with Crippen LogP contribution in [0.5, 0.6) is 0 Å². The molecule has 0 aromatic heterocycles. The van der Waals surface area contributed by atoms with Gasteiger partial charge in [-0.2, -0.15) is 0 Å². The second-order valence-electron chi connectivity index (χ2n) is 4.59. The molecule has 2 rings (SSSR count). The number of hydrogen-bond donors (Lipinski definition) is 1. The van der Waals surface area contributed by atoms with Gasteiger partial charge in [0.15, 0.2) is 0 Å². The highest BCUT2D eigenvalue weighted by molar-refractivity contribution is 4.87. The zero-order valence-electron chi connectivity index (χ0n) is 8.21. The first-order valence-corrected chi connectivity index (χ1v) is 5.21. The molecule has 2 unspecified atom stereocenters. The van der Waals surface area contributed by atoms with Crippen molar-refractivity contribution in [3.8, 4) is 0 Å². The maximum Gasteiger partial charge on any atom is 0.0167 e. The average Bonchev–Trinajstić information content (AvgIpc) is 2.66. The van der Waals surface area contributed by atoms with Gasteiger partial charge in [-0.1, -0.05) is 6.92 Å². The molecular weight excluding hydrogens is 148 g/mol. The third-order valence-corrected chi connectivity index (χ3v) is 3.22. The van der Waals surface area contributed by atoms with Crippen molar-refractivity contribution in [2.45, 2.75) is 26.3 Å². The van der Waals surface area contributed by atoms with Crippen LogP contribution < -0.4 is 5.32 Å². The van der Waals surface area contributed by atoms with Gasteiger partial charge < -0.3 is 10.2 Å². The number of rotatable bonds is 2. The van der Waals surface area contributed by atoms with E-state index in [1.165, 1.54) is 32.6 Å². The summed E-state index contributed by atoms with van der Waals surface area (Å²) in [4.78, 5) is 2.62. The smallest absolute Gasteiger partial charge is 0.0167 e. The van der Waals surface area contributed by atoms with Crippen LogP contribution in [0.3, 0.4) is 0 Å². The average molecular weight is 168 g/mol. The highest BCUT2D eigenvalue weighted by atomic mass is 15.2. The van der Waals surface area contributed by atoms with Crippen molar-refractivity contribution >= 4 is 0 Å². The van der Waals surface area contributed by atoms with Crippen molar-refractivity contribution in [2.75, 3.05) is 26.2 Å². The first-order valence-electron chi connectivity index (χ1n) is 5.21. The summed E-state index contributed by atoms with van der Waals surface area (Å²) in [6, 6.07) is 0.702. The minimum Gasteiger partial charge on any atom is -0.312 e. The molecule has 1 saturated carbocycles. The van der Waals surface area contributed by atoms with E-state index in [2.05, 4.69) is 24.1 Å². The van der Waals surface area contributed by atoms with E-state index in [1.54, 1.807) is 0 Å². The Morgan fingerprint density at radius 1 is 1.42 bits per heavy atom. The van der Waals surface area contributed by atoms with E-state index in [0.717, 1.165) is 11.8 Å². The highest BCUT2D eigenvalue weighted by Gasteiger charge is 2.34. The predicted molar refractivity (Wildman–Crippen MR) is 51.2 cm³/mol. The van der Waals surface area contributed by atoms with E-state index in [1.807, 2.05) is 0 Å². The second-order valence-corrected chi connectivity index (χ2v) is 4.59. The Morgan fingerprint density at radius 3 is 2.75 bits per heavy atom. The van der Waals surface area contributed by atoms with E-state index in [4.69, 9.17) is 0 Å². The molecule has 3 atom stereocenters. The monoisotopic (exact) mass is 168 g/mol. The third-order valence-electron chi connectivity index (χ3n) is 3.22. The lowest BCUT2D eigenvalue weighted by Crippen LogP contribution is -2.49. The van der Waals surface area contributed by atoms with Crippen LogP contribution in [0.1, 0.15) is 20.3 Å². The first kappa shape index (κ1) is 8.52. The van der Waals surface area contributed by atoms with E-state index in [-0.39, 0.29) is 0 Å². The fourth-order valence-corrected chi connectivity index (χ4v) is 2.16. The standard InChI is InChI=1S/C10H20N2/c1-8-5-10(8)7-12-4-3-11-9(2)6-12/h8-11H,3-7H2,1-2H3/t8?,9-,10?/m1/s1. The third kappa shape index (κ3) is 1.99. The van der Waals surface area contributed by atoms with Crippen molar-refractivity contribution in [3.63, 3.8) is 0 Å². The second kappa shape index (κ2) is 3.35. The molecule has 0 bridgehead atoms. The van der Waals surface area contributed by atoms with Gasteiger partial charge in [0.2, 0.25) is 0 Å². The lowest BCUT2D eigenvalue weighted by molar-refractivity contribution is 0.197. The zero-order chi connectivity index (χ0) is 8.55. The van der Waals surface area contributed by atoms with Gasteiger partial charge >= 0.3 is 0 Å². The number of piperazine rings is 1. The van der Waals surface area contributed by atoms with E-state index >= 15 is 0 Å². The van der Waals surface area contributed by atoms with Crippen molar-refractivity contribution < 1.29 is 0 Å². The van der Waals surface area contributed by atoms with Crippen LogP contribution in [-0.4, -0.2) is 37.1 Å². The zero-order valence-corrected chi connectivity index (χ0v) is 8.21. The van der Waals surface area contributed by atoms with Crippen molar-refractivity contribution in [3.05, 3.63) is 0 Å². The molecule has 1 N–H and O–H groups in total. The molecule has 1 saturated heterocycles. The maximum atomic E-state index is 3.48. The molecule has 0 radical (unpaired) electrons. The molecule has 0 aromatic rings.